The third-order valence-corrected chi connectivity index (χ3v) is 6.16. The van der Waals surface area contributed by atoms with Crippen molar-refractivity contribution in [1.82, 2.24) is 9.80 Å². The Kier molecular flexibility index (Phi) is 6.44. The molecule has 1 heterocycles. The van der Waals surface area contributed by atoms with Crippen LogP contribution in [-0.2, 0) is 4.79 Å². The van der Waals surface area contributed by atoms with Crippen LogP contribution in [0.2, 0.25) is 0 Å². The van der Waals surface area contributed by atoms with E-state index in [1.54, 1.807) is 47.1 Å². The van der Waals surface area contributed by atoms with Gasteiger partial charge in [-0.1, -0.05) is 24.3 Å². The summed E-state index contributed by atoms with van der Waals surface area (Å²) in [4.78, 5) is 44.2. The molecule has 7 nitrogen and oxygen atoms in total. The summed E-state index contributed by atoms with van der Waals surface area (Å²) in [5.41, 5.74) is 1.69. The molecule has 3 amide bonds. The Labute approximate surface area is 188 Å². The SMILES string of the molecule is COc1ccccc1C(=O)N1CCCN(C(=O)c2ccccc2N(C)C(=O)C2CC2)CC1. The van der Waals surface area contributed by atoms with Crippen LogP contribution in [0.25, 0.3) is 0 Å². The average molecular weight is 436 g/mol. The fourth-order valence-corrected chi connectivity index (χ4v) is 4.16. The summed E-state index contributed by atoms with van der Waals surface area (Å²) in [6.45, 7) is 2.02. The lowest BCUT2D eigenvalue weighted by Crippen LogP contribution is -2.38. The van der Waals surface area contributed by atoms with Gasteiger partial charge in [0.25, 0.3) is 11.8 Å². The van der Waals surface area contributed by atoms with Gasteiger partial charge in [0.05, 0.1) is 23.9 Å². The van der Waals surface area contributed by atoms with Crippen LogP contribution in [0.3, 0.4) is 0 Å². The summed E-state index contributed by atoms with van der Waals surface area (Å²) in [5.74, 6) is 0.493. The molecule has 2 aliphatic rings. The van der Waals surface area contributed by atoms with E-state index in [4.69, 9.17) is 4.74 Å². The molecule has 0 atom stereocenters. The summed E-state index contributed by atoms with van der Waals surface area (Å²) in [6, 6.07) is 14.5. The molecule has 2 aromatic carbocycles. The average Bonchev–Trinajstić information content (AvgIpc) is 3.69. The van der Waals surface area contributed by atoms with Crippen molar-refractivity contribution in [2.75, 3.05) is 45.2 Å². The van der Waals surface area contributed by atoms with Gasteiger partial charge in [0.15, 0.2) is 0 Å². The van der Waals surface area contributed by atoms with E-state index >= 15 is 0 Å². The Hall–Kier alpha value is -3.35. The second-order valence-corrected chi connectivity index (χ2v) is 8.33. The predicted molar refractivity (Wildman–Crippen MR) is 122 cm³/mol. The largest absolute Gasteiger partial charge is 0.496 e. The van der Waals surface area contributed by atoms with E-state index in [1.807, 2.05) is 30.3 Å². The Morgan fingerprint density at radius 2 is 1.41 bits per heavy atom. The lowest BCUT2D eigenvalue weighted by Gasteiger charge is -2.25. The first kappa shape index (κ1) is 21.9. The van der Waals surface area contributed by atoms with Crippen LogP contribution < -0.4 is 9.64 Å². The van der Waals surface area contributed by atoms with Crippen molar-refractivity contribution in [2.24, 2.45) is 5.92 Å². The van der Waals surface area contributed by atoms with Gasteiger partial charge in [-0.05, 0) is 43.5 Å². The lowest BCUT2D eigenvalue weighted by atomic mass is 10.1. The summed E-state index contributed by atoms with van der Waals surface area (Å²) >= 11 is 0. The van der Waals surface area contributed by atoms with Gasteiger partial charge in [-0.2, -0.15) is 0 Å². The highest BCUT2D eigenvalue weighted by Gasteiger charge is 2.34. The molecule has 168 valence electrons. The van der Waals surface area contributed by atoms with Gasteiger partial charge in [-0.25, -0.2) is 0 Å². The van der Waals surface area contributed by atoms with Gasteiger partial charge in [-0.15, -0.1) is 0 Å². The molecular weight excluding hydrogens is 406 g/mol. The molecule has 32 heavy (non-hydrogen) atoms. The Bertz CT molecular complexity index is 1020. The summed E-state index contributed by atoms with van der Waals surface area (Å²) in [7, 11) is 3.29. The smallest absolute Gasteiger partial charge is 0.257 e. The third kappa shape index (κ3) is 4.47. The second kappa shape index (κ2) is 9.42. The molecule has 0 radical (unpaired) electrons. The minimum atomic E-state index is -0.109. The first-order valence-corrected chi connectivity index (χ1v) is 11.1. The van der Waals surface area contributed by atoms with Gasteiger partial charge >= 0.3 is 0 Å². The van der Waals surface area contributed by atoms with E-state index in [1.165, 1.54) is 0 Å². The van der Waals surface area contributed by atoms with Crippen LogP contribution >= 0.6 is 0 Å². The summed E-state index contributed by atoms with van der Waals surface area (Å²) < 4.78 is 5.34. The lowest BCUT2D eigenvalue weighted by molar-refractivity contribution is -0.119. The van der Waals surface area contributed by atoms with Gasteiger partial charge in [0.2, 0.25) is 5.91 Å². The molecule has 2 fully saturated rings. The minimum absolute atomic E-state index is 0.0645. The molecule has 0 bridgehead atoms. The normalized spacial score (nSPS) is 16.3. The fraction of sp³-hybridized carbons (Fsp3) is 0.400. The molecule has 0 unspecified atom stereocenters. The molecule has 7 heteroatoms. The van der Waals surface area contributed by atoms with Crippen LogP contribution in [0.1, 0.15) is 40.0 Å². The zero-order valence-electron chi connectivity index (χ0n) is 18.6. The number of nitrogens with zero attached hydrogens (tertiary/aromatic N) is 3. The maximum atomic E-state index is 13.4. The number of anilines is 1. The van der Waals surface area contributed by atoms with Gasteiger partial charge in [0, 0.05) is 39.1 Å². The minimum Gasteiger partial charge on any atom is -0.496 e. The summed E-state index contributed by atoms with van der Waals surface area (Å²) in [5, 5.41) is 0. The highest BCUT2D eigenvalue weighted by molar-refractivity contribution is 6.05. The van der Waals surface area contributed by atoms with Crippen molar-refractivity contribution in [3.8, 4) is 5.75 Å². The van der Waals surface area contributed by atoms with Crippen molar-refractivity contribution < 1.29 is 19.1 Å². The number of methoxy groups -OCH3 is 1. The quantitative estimate of drug-likeness (QED) is 0.724. The molecule has 1 aliphatic carbocycles. The topological polar surface area (TPSA) is 70.2 Å². The third-order valence-electron chi connectivity index (χ3n) is 6.16. The molecule has 1 saturated carbocycles. The van der Waals surface area contributed by atoms with E-state index in [2.05, 4.69) is 0 Å². The standard InChI is InChI=1S/C25H29N3O4/c1-26(23(29)18-12-13-18)21-10-5-3-8-19(21)24(30)27-14-7-15-28(17-16-27)25(31)20-9-4-6-11-22(20)32-2/h3-6,8-11,18H,7,12-17H2,1-2H3. The van der Waals surface area contributed by atoms with E-state index in [9.17, 15) is 14.4 Å². The number of rotatable bonds is 5. The fourth-order valence-electron chi connectivity index (χ4n) is 4.16. The number of hydrogen-bond donors (Lipinski definition) is 0. The molecule has 0 spiro atoms. The molecule has 0 N–H and O–H groups in total. The van der Waals surface area contributed by atoms with Gasteiger partial charge < -0.3 is 19.4 Å². The zero-order chi connectivity index (χ0) is 22.7. The second-order valence-electron chi connectivity index (χ2n) is 8.33. The first-order valence-electron chi connectivity index (χ1n) is 11.1. The Morgan fingerprint density at radius 3 is 2.03 bits per heavy atom. The van der Waals surface area contributed by atoms with Crippen LogP contribution in [-0.4, -0.2) is 67.9 Å². The molecule has 1 saturated heterocycles. The number of ether oxygens (including phenoxy) is 1. The number of hydrogen-bond acceptors (Lipinski definition) is 4. The van der Waals surface area contributed by atoms with Crippen LogP contribution in [0.4, 0.5) is 5.69 Å². The highest BCUT2D eigenvalue weighted by Crippen LogP contribution is 2.33. The maximum absolute atomic E-state index is 13.4. The predicted octanol–water partition coefficient (Wildman–Crippen LogP) is 3.06. The zero-order valence-corrected chi connectivity index (χ0v) is 18.6. The molecular formula is C25H29N3O4. The molecule has 0 aromatic heterocycles. The Balaban J connectivity index is 1.48. The highest BCUT2D eigenvalue weighted by atomic mass is 16.5. The monoisotopic (exact) mass is 435 g/mol. The van der Waals surface area contributed by atoms with E-state index in [-0.39, 0.29) is 23.6 Å². The van der Waals surface area contributed by atoms with E-state index < -0.39 is 0 Å². The molecule has 2 aromatic rings. The van der Waals surface area contributed by atoms with Crippen molar-refractivity contribution in [3.05, 3.63) is 59.7 Å². The molecule has 4 rings (SSSR count). The number of benzene rings is 2. The van der Waals surface area contributed by atoms with Crippen LogP contribution in [0.15, 0.2) is 48.5 Å². The summed E-state index contributed by atoms with van der Waals surface area (Å²) in [6.07, 6.45) is 2.52. The number of amides is 3. The van der Waals surface area contributed by atoms with Crippen LogP contribution in [0.5, 0.6) is 5.75 Å². The van der Waals surface area contributed by atoms with E-state index in [0.29, 0.717) is 55.2 Å². The van der Waals surface area contributed by atoms with Crippen molar-refractivity contribution in [1.29, 1.82) is 0 Å². The van der Waals surface area contributed by atoms with E-state index in [0.717, 1.165) is 12.8 Å². The van der Waals surface area contributed by atoms with Crippen LogP contribution in [0, 0.1) is 5.92 Å². The maximum Gasteiger partial charge on any atom is 0.257 e. The Morgan fingerprint density at radius 1 is 0.844 bits per heavy atom. The number of para-hydroxylation sites is 2. The van der Waals surface area contributed by atoms with Gasteiger partial charge in [-0.3, -0.25) is 14.4 Å². The van der Waals surface area contributed by atoms with Crippen molar-refractivity contribution in [2.45, 2.75) is 19.3 Å². The van der Waals surface area contributed by atoms with Crippen molar-refractivity contribution >= 4 is 23.4 Å². The number of carbonyl (C=O) groups excluding carboxylic acids is 3. The first-order chi connectivity index (χ1) is 15.5. The van der Waals surface area contributed by atoms with Crippen molar-refractivity contribution in [3.63, 3.8) is 0 Å². The molecule has 1 aliphatic heterocycles. The van der Waals surface area contributed by atoms with Gasteiger partial charge in [0.1, 0.15) is 5.75 Å². The number of carbonyl (C=O) groups is 3.